The van der Waals surface area contributed by atoms with Gasteiger partial charge in [0.25, 0.3) is 0 Å². The van der Waals surface area contributed by atoms with Crippen LogP contribution in [-0.4, -0.2) is 25.3 Å². The number of carbonyl (C=O) groups excluding carboxylic acids is 1. The highest BCUT2D eigenvalue weighted by atomic mass is 16.6. The van der Waals surface area contributed by atoms with E-state index in [9.17, 15) is 4.79 Å². The lowest BCUT2D eigenvalue weighted by Gasteiger charge is -2.37. The molecular weight excluding hydrogens is 216 g/mol. The summed E-state index contributed by atoms with van der Waals surface area (Å²) in [5, 5.41) is 0. The van der Waals surface area contributed by atoms with Crippen LogP contribution in [0.3, 0.4) is 0 Å². The second-order valence-electron chi connectivity index (χ2n) is 5.68. The van der Waals surface area contributed by atoms with E-state index >= 15 is 0 Å². The summed E-state index contributed by atoms with van der Waals surface area (Å²) in [7, 11) is 1.54. The molecule has 3 nitrogen and oxygen atoms in total. The van der Waals surface area contributed by atoms with Gasteiger partial charge in [0.05, 0.1) is 0 Å². The highest BCUT2D eigenvalue weighted by molar-refractivity contribution is 5.74. The van der Waals surface area contributed by atoms with Crippen LogP contribution >= 0.6 is 0 Å². The van der Waals surface area contributed by atoms with Gasteiger partial charge in [0.1, 0.15) is 6.10 Å². The quantitative estimate of drug-likeness (QED) is 0.711. The zero-order chi connectivity index (χ0) is 13.0. The van der Waals surface area contributed by atoms with E-state index < -0.39 is 6.10 Å². The molecule has 0 N–H and O–H groups in total. The van der Waals surface area contributed by atoms with E-state index in [4.69, 9.17) is 9.47 Å². The fourth-order valence-electron chi connectivity index (χ4n) is 2.59. The Kier molecular flexibility index (Phi) is 5.44. The molecule has 0 amide bonds. The molecule has 1 aliphatic rings. The van der Waals surface area contributed by atoms with Gasteiger partial charge in [-0.15, -0.1) is 0 Å². The third-order valence-corrected chi connectivity index (χ3v) is 3.91. The molecule has 0 heterocycles. The van der Waals surface area contributed by atoms with E-state index in [2.05, 4.69) is 20.8 Å². The smallest absolute Gasteiger partial charge is 0.335 e. The predicted octanol–water partition coefficient (Wildman–Crippen LogP) is 3.03. The van der Waals surface area contributed by atoms with Crippen LogP contribution in [0.1, 0.15) is 47.0 Å². The van der Waals surface area contributed by atoms with Gasteiger partial charge in [0.15, 0.2) is 6.10 Å². The average molecular weight is 242 g/mol. The number of methoxy groups -OCH3 is 1. The van der Waals surface area contributed by atoms with Crippen molar-refractivity contribution in [1.29, 1.82) is 0 Å². The zero-order valence-electron chi connectivity index (χ0n) is 11.7. The molecule has 0 radical (unpaired) electrons. The Morgan fingerprint density at radius 1 is 1.24 bits per heavy atom. The lowest BCUT2D eigenvalue weighted by Crippen LogP contribution is -2.38. The van der Waals surface area contributed by atoms with Crippen molar-refractivity contribution in [3.05, 3.63) is 0 Å². The van der Waals surface area contributed by atoms with E-state index in [0.717, 1.165) is 12.8 Å². The van der Waals surface area contributed by atoms with Crippen molar-refractivity contribution < 1.29 is 14.3 Å². The van der Waals surface area contributed by atoms with Crippen molar-refractivity contribution in [1.82, 2.24) is 0 Å². The molecule has 0 aliphatic heterocycles. The minimum Gasteiger partial charge on any atom is -0.460 e. The van der Waals surface area contributed by atoms with Crippen molar-refractivity contribution in [2.24, 2.45) is 17.8 Å². The van der Waals surface area contributed by atoms with Crippen LogP contribution < -0.4 is 0 Å². The monoisotopic (exact) mass is 242 g/mol. The van der Waals surface area contributed by atoms with Gasteiger partial charge in [-0.2, -0.15) is 0 Å². The molecule has 1 fully saturated rings. The minimum absolute atomic E-state index is 0.0730. The first-order valence-electron chi connectivity index (χ1n) is 6.69. The molecule has 0 saturated heterocycles. The molecule has 1 saturated carbocycles. The molecule has 0 aromatic rings. The second kappa shape index (κ2) is 6.39. The van der Waals surface area contributed by atoms with Crippen LogP contribution in [0.25, 0.3) is 0 Å². The topological polar surface area (TPSA) is 35.5 Å². The normalized spacial score (nSPS) is 31.3. The Balaban J connectivity index is 2.60. The summed E-state index contributed by atoms with van der Waals surface area (Å²) in [4.78, 5) is 11.8. The van der Waals surface area contributed by atoms with E-state index in [0.29, 0.717) is 17.8 Å². The maximum Gasteiger partial charge on any atom is 0.335 e. The number of ether oxygens (including phenoxy) is 2. The largest absolute Gasteiger partial charge is 0.460 e. The molecule has 100 valence electrons. The summed E-state index contributed by atoms with van der Waals surface area (Å²) in [5.74, 6) is 1.50. The van der Waals surface area contributed by atoms with Crippen LogP contribution in [0, 0.1) is 17.8 Å². The van der Waals surface area contributed by atoms with Crippen molar-refractivity contribution in [3.8, 4) is 0 Å². The van der Waals surface area contributed by atoms with Gasteiger partial charge in [-0.25, -0.2) is 4.79 Å². The summed E-state index contributed by atoms with van der Waals surface area (Å²) in [6, 6.07) is 0. The molecule has 4 atom stereocenters. The average Bonchev–Trinajstić information content (AvgIpc) is 2.27. The molecule has 1 aliphatic carbocycles. The third kappa shape index (κ3) is 3.98. The van der Waals surface area contributed by atoms with Crippen molar-refractivity contribution in [3.63, 3.8) is 0 Å². The van der Waals surface area contributed by atoms with E-state index in [1.807, 2.05) is 0 Å². The standard InChI is InChI=1S/C14H26O3/c1-9(2)12-7-6-10(3)8-13(12)17-14(15)11(4)16-5/h9-13H,6-8H2,1-5H3. The lowest BCUT2D eigenvalue weighted by molar-refractivity contribution is -0.166. The maximum absolute atomic E-state index is 11.8. The van der Waals surface area contributed by atoms with Crippen molar-refractivity contribution in [2.75, 3.05) is 7.11 Å². The predicted molar refractivity (Wildman–Crippen MR) is 67.7 cm³/mol. The van der Waals surface area contributed by atoms with Gasteiger partial charge >= 0.3 is 5.97 Å². The maximum atomic E-state index is 11.8. The number of hydrogen-bond donors (Lipinski definition) is 0. The lowest BCUT2D eigenvalue weighted by atomic mass is 9.75. The Bertz CT molecular complexity index is 250. The molecule has 0 aromatic heterocycles. The fraction of sp³-hybridized carbons (Fsp3) is 0.929. The summed E-state index contributed by atoms with van der Waals surface area (Å²) in [6.45, 7) is 8.39. The van der Waals surface area contributed by atoms with Crippen LogP contribution in [0.2, 0.25) is 0 Å². The van der Waals surface area contributed by atoms with Gasteiger partial charge in [-0.1, -0.05) is 27.2 Å². The van der Waals surface area contributed by atoms with Crippen molar-refractivity contribution in [2.45, 2.75) is 59.2 Å². The van der Waals surface area contributed by atoms with Gasteiger partial charge in [-0.05, 0) is 37.5 Å². The molecule has 0 aromatic carbocycles. The van der Waals surface area contributed by atoms with Crippen LogP contribution in [0.5, 0.6) is 0 Å². The zero-order valence-corrected chi connectivity index (χ0v) is 11.7. The number of carbonyl (C=O) groups is 1. The molecule has 1 rings (SSSR count). The summed E-state index contributed by atoms with van der Waals surface area (Å²) in [5.41, 5.74) is 0. The van der Waals surface area contributed by atoms with Gasteiger partial charge in [0.2, 0.25) is 0 Å². The minimum atomic E-state index is -0.458. The highest BCUT2D eigenvalue weighted by Crippen LogP contribution is 2.35. The van der Waals surface area contributed by atoms with E-state index in [-0.39, 0.29) is 12.1 Å². The van der Waals surface area contributed by atoms with Crippen LogP contribution in [0.15, 0.2) is 0 Å². The first-order valence-corrected chi connectivity index (χ1v) is 6.69. The second-order valence-corrected chi connectivity index (χ2v) is 5.68. The summed E-state index contributed by atoms with van der Waals surface area (Å²) < 4.78 is 10.6. The van der Waals surface area contributed by atoms with Crippen molar-refractivity contribution >= 4 is 5.97 Å². The van der Waals surface area contributed by atoms with Crippen LogP contribution in [0.4, 0.5) is 0 Å². The third-order valence-electron chi connectivity index (χ3n) is 3.91. The molecule has 0 spiro atoms. The molecular formula is C14H26O3. The Morgan fingerprint density at radius 2 is 1.88 bits per heavy atom. The summed E-state index contributed by atoms with van der Waals surface area (Å²) in [6.07, 6.45) is 3.02. The first kappa shape index (κ1) is 14.5. The van der Waals surface area contributed by atoms with E-state index in [1.54, 1.807) is 6.92 Å². The molecule has 0 bridgehead atoms. The Hall–Kier alpha value is -0.570. The first-order chi connectivity index (χ1) is 7.95. The van der Waals surface area contributed by atoms with E-state index in [1.165, 1.54) is 13.5 Å². The van der Waals surface area contributed by atoms with Gasteiger partial charge in [0, 0.05) is 7.11 Å². The SMILES string of the molecule is COC(C)C(=O)OC1CC(C)CCC1C(C)C. The fourth-order valence-corrected chi connectivity index (χ4v) is 2.59. The highest BCUT2D eigenvalue weighted by Gasteiger charge is 2.34. The number of hydrogen-bond acceptors (Lipinski definition) is 3. The molecule has 17 heavy (non-hydrogen) atoms. The molecule has 3 heteroatoms. The number of rotatable bonds is 4. The number of esters is 1. The molecule has 4 unspecified atom stereocenters. The van der Waals surface area contributed by atoms with Gasteiger partial charge in [-0.3, -0.25) is 0 Å². The summed E-state index contributed by atoms with van der Waals surface area (Å²) >= 11 is 0. The Morgan fingerprint density at radius 3 is 2.41 bits per heavy atom. The van der Waals surface area contributed by atoms with Gasteiger partial charge < -0.3 is 9.47 Å². The van der Waals surface area contributed by atoms with Crippen LogP contribution in [-0.2, 0) is 14.3 Å². The Labute approximate surface area is 105 Å².